The zero-order chi connectivity index (χ0) is 14.8. The first kappa shape index (κ1) is 17.2. The van der Waals surface area contributed by atoms with Gasteiger partial charge in [-0.25, -0.2) is 0 Å². The number of methoxy groups -OCH3 is 2. The molecular weight excluding hydrogens is 256 g/mol. The normalized spacial score (nSPS) is 14.7. The fourth-order valence-electron chi connectivity index (χ4n) is 2.36. The highest BCUT2D eigenvalue weighted by atomic mass is 16.5. The van der Waals surface area contributed by atoms with Gasteiger partial charge < -0.3 is 19.6 Å². The van der Waals surface area contributed by atoms with E-state index >= 15 is 0 Å². The Morgan fingerprint density at radius 1 is 1.25 bits per heavy atom. The predicted molar refractivity (Wildman–Crippen MR) is 79.7 cm³/mol. The van der Waals surface area contributed by atoms with Crippen molar-refractivity contribution < 1.29 is 13.9 Å². The number of nitrogens with zero attached hydrogens (tertiary/aromatic N) is 1. The first-order chi connectivity index (χ1) is 9.74. The molecule has 5 heteroatoms. The van der Waals surface area contributed by atoms with Gasteiger partial charge in [0.2, 0.25) is 0 Å². The molecule has 1 aromatic heterocycles. The lowest BCUT2D eigenvalue weighted by Crippen LogP contribution is -2.42. The van der Waals surface area contributed by atoms with E-state index in [0.29, 0.717) is 6.61 Å². The minimum Gasteiger partial charge on any atom is -0.468 e. The van der Waals surface area contributed by atoms with Gasteiger partial charge in [-0.15, -0.1) is 0 Å². The van der Waals surface area contributed by atoms with Crippen molar-refractivity contribution in [3.8, 4) is 0 Å². The van der Waals surface area contributed by atoms with E-state index < -0.39 is 0 Å². The second-order valence-electron chi connectivity index (χ2n) is 4.91. The van der Waals surface area contributed by atoms with Crippen LogP contribution in [0.5, 0.6) is 0 Å². The third-order valence-electron chi connectivity index (χ3n) is 3.48. The Labute approximate surface area is 122 Å². The van der Waals surface area contributed by atoms with Crippen molar-refractivity contribution >= 4 is 0 Å². The smallest absolute Gasteiger partial charge is 0.122 e. The third-order valence-corrected chi connectivity index (χ3v) is 3.48. The van der Waals surface area contributed by atoms with E-state index in [9.17, 15) is 0 Å². The van der Waals surface area contributed by atoms with Crippen LogP contribution in [0.4, 0.5) is 0 Å². The van der Waals surface area contributed by atoms with Crippen molar-refractivity contribution in [3.63, 3.8) is 0 Å². The van der Waals surface area contributed by atoms with Gasteiger partial charge in [-0.05, 0) is 25.0 Å². The molecule has 0 aliphatic carbocycles. The highest BCUT2D eigenvalue weighted by Gasteiger charge is 2.27. The molecule has 0 aliphatic heterocycles. The van der Waals surface area contributed by atoms with Gasteiger partial charge in [0.25, 0.3) is 0 Å². The van der Waals surface area contributed by atoms with Crippen LogP contribution in [0.15, 0.2) is 22.8 Å². The summed E-state index contributed by atoms with van der Waals surface area (Å²) < 4.78 is 15.9. The second kappa shape index (κ2) is 9.94. The molecule has 1 aromatic rings. The summed E-state index contributed by atoms with van der Waals surface area (Å²) in [6, 6.07) is 4.03. The summed E-state index contributed by atoms with van der Waals surface area (Å²) in [6.45, 7) is 5.27. The molecule has 0 bridgehead atoms. The quantitative estimate of drug-likeness (QED) is 0.630. The summed E-state index contributed by atoms with van der Waals surface area (Å²) in [6.07, 6.45) is 3.57. The van der Waals surface area contributed by atoms with Crippen molar-refractivity contribution in [2.75, 3.05) is 40.5 Å². The van der Waals surface area contributed by atoms with E-state index in [-0.39, 0.29) is 12.1 Å². The standard InChI is InChI=1S/C15H28N2O3/c1-4-13(16)15(14-7-5-11-20-14)17(9-12-19-3)8-6-10-18-2/h5,7,11,13,15H,4,6,8-10,12,16H2,1-3H3. The first-order valence-electron chi connectivity index (χ1n) is 7.25. The molecular formula is C15H28N2O3. The second-order valence-corrected chi connectivity index (χ2v) is 4.91. The molecule has 2 N–H and O–H groups in total. The van der Waals surface area contributed by atoms with E-state index in [1.54, 1.807) is 20.5 Å². The number of furan rings is 1. The monoisotopic (exact) mass is 284 g/mol. The number of hydrogen-bond acceptors (Lipinski definition) is 5. The van der Waals surface area contributed by atoms with Crippen molar-refractivity contribution in [1.82, 2.24) is 4.90 Å². The Morgan fingerprint density at radius 3 is 2.55 bits per heavy atom. The molecule has 0 aliphatic rings. The number of ether oxygens (including phenoxy) is 2. The Balaban J connectivity index is 2.78. The lowest BCUT2D eigenvalue weighted by Gasteiger charge is -2.33. The largest absolute Gasteiger partial charge is 0.468 e. The van der Waals surface area contributed by atoms with Crippen molar-refractivity contribution in [1.29, 1.82) is 0 Å². The topological polar surface area (TPSA) is 60.9 Å². The lowest BCUT2D eigenvalue weighted by molar-refractivity contribution is 0.0863. The highest BCUT2D eigenvalue weighted by Crippen LogP contribution is 2.25. The van der Waals surface area contributed by atoms with Crippen LogP contribution in [0.25, 0.3) is 0 Å². The van der Waals surface area contributed by atoms with Crippen LogP contribution in [-0.2, 0) is 9.47 Å². The summed E-state index contributed by atoms with van der Waals surface area (Å²) in [7, 11) is 3.44. The minimum atomic E-state index is 0.0422. The molecule has 2 unspecified atom stereocenters. The summed E-state index contributed by atoms with van der Waals surface area (Å²) in [5.74, 6) is 0.924. The number of hydrogen-bond donors (Lipinski definition) is 1. The molecule has 20 heavy (non-hydrogen) atoms. The van der Waals surface area contributed by atoms with Crippen molar-refractivity contribution in [2.45, 2.75) is 31.8 Å². The molecule has 0 fully saturated rings. The average molecular weight is 284 g/mol. The molecule has 0 aromatic carbocycles. The molecule has 0 saturated heterocycles. The molecule has 5 nitrogen and oxygen atoms in total. The Morgan fingerprint density at radius 2 is 2.00 bits per heavy atom. The molecule has 0 radical (unpaired) electrons. The predicted octanol–water partition coefficient (Wildman–Crippen LogP) is 2.04. The summed E-state index contributed by atoms with van der Waals surface area (Å²) in [5.41, 5.74) is 6.31. The summed E-state index contributed by atoms with van der Waals surface area (Å²) >= 11 is 0. The summed E-state index contributed by atoms with van der Waals surface area (Å²) in [4.78, 5) is 2.33. The molecule has 0 saturated carbocycles. The Hall–Kier alpha value is -0.880. The maximum Gasteiger partial charge on any atom is 0.122 e. The zero-order valence-corrected chi connectivity index (χ0v) is 12.9. The van der Waals surface area contributed by atoms with Gasteiger partial charge in [-0.1, -0.05) is 6.92 Å². The molecule has 116 valence electrons. The lowest BCUT2D eigenvalue weighted by atomic mass is 10.0. The summed E-state index contributed by atoms with van der Waals surface area (Å²) in [5, 5.41) is 0. The van der Waals surface area contributed by atoms with Crippen LogP contribution in [0, 0.1) is 0 Å². The van der Waals surface area contributed by atoms with E-state index in [1.165, 1.54) is 0 Å². The van der Waals surface area contributed by atoms with Crippen LogP contribution >= 0.6 is 0 Å². The van der Waals surface area contributed by atoms with Crippen LogP contribution in [0.2, 0.25) is 0 Å². The zero-order valence-electron chi connectivity index (χ0n) is 12.9. The van der Waals surface area contributed by atoms with Crippen LogP contribution < -0.4 is 5.73 Å². The molecule has 0 amide bonds. The van der Waals surface area contributed by atoms with E-state index in [2.05, 4.69) is 11.8 Å². The fourth-order valence-corrected chi connectivity index (χ4v) is 2.36. The van der Waals surface area contributed by atoms with Gasteiger partial charge in [0, 0.05) is 40.0 Å². The van der Waals surface area contributed by atoms with Gasteiger partial charge in [0.05, 0.1) is 18.9 Å². The van der Waals surface area contributed by atoms with Crippen LogP contribution in [0.1, 0.15) is 31.6 Å². The van der Waals surface area contributed by atoms with Gasteiger partial charge >= 0.3 is 0 Å². The van der Waals surface area contributed by atoms with E-state index in [1.807, 2.05) is 12.1 Å². The Bertz CT molecular complexity index is 330. The average Bonchev–Trinajstić information content (AvgIpc) is 2.98. The molecule has 2 atom stereocenters. The van der Waals surface area contributed by atoms with E-state index in [4.69, 9.17) is 19.6 Å². The van der Waals surface area contributed by atoms with Gasteiger partial charge in [-0.2, -0.15) is 0 Å². The van der Waals surface area contributed by atoms with E-state index in [0.717, 1.165) is 38.3 Å². The number of nitrogens with two attached hydrogens (primary N) is 1. The molecule has 1 rings (SSSR count). The maximum absolute atomic E-state index is 6.31. The molecule has 0 spiro atoms. The first-order valence-corrected chi connectivity index (χ1v) is 7.25. The molecule has 1 heterocycles. The third kappa shape index (κ3) is 5.25. The fraction of sp³-hybridized carbons (Fsp3) is 0.733. The van der Waals surface area contributed by atoms with Gasteiger partial charge in [0.1, 0.15) is 5.76 Å². The Kier molecular flexibility index (Phi) is 8.53. The van der Waals surface area contributed by atoms with Crippen LogP contribution in [0.3, 0.4) is 0 Å². The van der Waals surface area contributed by atoms with Crippen molar-refractivity contribution in [3.05, 3.63) is 24.2 Å². The SMILES string of the molecule is CCC(N)C(c1ccco1)N(CCCOC)CCOC. The minimum absolute atomic E-state index is 0.0422. The maximum atomic E-state index is 6.31. The highest BCUT2D eigenvalue weighted by molar-refractivity contribution is 5.08. The van der Waals surface area contributed by atoms with Crippen LogP contribution in [-0.4, -0.2) is 51.5 Å². The van der Waals surface area contributed by atoms with Crippen molar-refractivity contribution in [2.24, 2.45) is 5.73 Å². The van der Waals surface area contributed by atoms with Gasteiger partial charge in [-0.3, -0.25) is 4.90 Å². The number of rotatable bonds is 11. The van der Waals surface area contributed by atoms with Gasteiger partial charge in [0.15, 0.2) is 0 Å².